The van der Waals surface area contributed by atoms with Crippen molar-refractivity contribution >= 4 is 29.7 Å². The van der Waals surface area contributed by atoms with Crippen molar-refractivity contribution in [2.75, 3.05) is 40.2 Å². The van der Waals surface area contributed by atoms with Crippen LogP contribution in [0.4, 0.5) is 0 Å². The molecule has 24 heavy (non-hydrogen) atoms. The highest BCUT2D eigenvalue weighted by Gasteiger charge is 2.28. The van der Waals surface area contributed by atoms with E-state index in [1.54, 1.807) is 37.3 Å². The molecule has 0 radical (unpaired) electrons. The highest BCUT2D eigenvalue weighted by Crippen LogP contribution is 2.26. The third-order valence-electron chi connectivity index (χ3n) is 3.69. The number of hydrogen-bond acceptors (Lipinski definition) is 6. The average Bonchev–Trinajstić information content (AvgIpc) is 2.65. The fraction of sp³-hybridized carbons (Fsp3) is 0.412. The molecule has 0 saturated carbocycles. The average molecular weight is 351 g/mol. The molecule has 0 N–H and O–H groups in total. The van der Waals surface area contributed by atoms with Gasteiger partial charge in [0.05, 0.1) is 21.3 Å². The normalized spacial score (nSPS) is 17.6. The molecule has 0 unspecified atom stereocenters. The number of carbonyl (C=O) groups excluding carboxylic acids is 2. The predicted molar refractivity (Wildman–Crippen MR) is 93.4 cm³/mol. The van der Waals surface area contributed by atoms with Crippen molar-refractivity contribution in [3.63, 3.8) is 0 Å². The van der Waals surface area contributed by atoms with Crippen molar-refractivity contribution in [1.29, 1.82) is 0 Å². The number of carbonyl (C=O) groups is 2. The molecule has 1 aromatic carbocycles. The largest absolute Gasteiger partial charge is 0.497 e. The number of amides is 1. The first-order valence-electron chi connectivity index (χ1n) is 7.47. The molecule has 1 fully saturated rings. The molecule has 1 saturated heterocycles. The fourth-order valence-corrected chi connectivity index (χ4v) is 3.47. The zero-order chi connectivity index (χ0) is 17.5. The third-order valence-corrected chi connectivity index (χ3v) is 4.85. The van der Waals surface area contributed by atoms with E-state index in [2.05, 4.69) is 0 Å². The van der Waals surface area contributed by atoms with Gasteiger partial charge in [0.2, 0.25) is 5.91 Å². The lowest BCUT2D eigenvalue weighted by molar-refractivity contribution is -0.140. The smallest absolute Gasteiger partial charge is 0.320 e. The first-order chi connectivity index (χ1) is 11.6. The second kappa shape index (κ2) is 8.63. The lowest BCUT2D eigenvalue weighted by Crippen LogP contribution is -2.44. The van der Waals surface area contributed by atoms with Gasteiger partial charge in [0, 0.05) is 36.5 Å². The van der Waals surface area contributed by atoms with Crippen molar-refractivity contribution in [2.45, 2.75) is 5.25 Å². The van der Waals surface area contributed by atoms with Crippen LogP contribution in [0.3, 0.4) is 0 Å². The van der Waals surface area contributed by atoms with Crippen molar-refractivity contribution in [3.05, 3.63) is 29.8 Å². The Bertz CT molecular complexity index is 631. The zero-order valence-corrected chi connectivity index (χ0v) is 14.8. The maximum atomic E-state index is 12.4. The number of thioether (sulfide) groups is 1. The lowest BCUT2D eigenvalue weighted by Gasteiger charge is -2.30. The van der Waals surface area contributed by atoms with Gasteiger partial charge in [0.1, 0.15) is 16.7 Å². The van der Waals surface area contributed by atoms with E-state index in [0.717, 1.165) is 5.56 Å². The van der Waals surface area contributed by atoms with Crippen LogP contribution in [-0.2, 0) is 14.3 Å². The Hall–Kier alpha value is -2.15. The number of rotatable bonds is 5. The van der Waals surface area contributed by atoms with Gasteiger partial charge in [-0.15, -0.1) is 11.8 Å². The van der Waals surface area contributed by atoms with Crippen LogP contribution in [0.2, 0.25) is 0 Å². The molecule has 6 nitrogen and oxygen atoms in total. The first kappa shape index (κ1) is 18.2. The minimum atomic E-state index is -0.323. The molecule has 0 aromatic heterocycles. The summed E-state index contributed by atoms with van der Waals surface area (Å²) in [6.07, 6.45) is 3.20. The van der Waals surface area contributed by atoms with Gasteiger partial charge in [0.15, 0.2) is 0 Å². The lowest BCUT2D eigenvalue weighted by atomic mass is 10.1. The predicted octanol–water partition coefficient (Wildman–Crippen LogP) is 1.83. The third kappa shape index (κ3) is 4.44. The number of ether oxygens (including phenoxy) is 3. The van der Waals surface area contributed by atoms with Crippen LogP contribution < -0.4 is 9.47 Å². The summed E-state index contributed by atoms with van der Waals surface area (Å²) in [7, 11) is 4.51. The summed E-state index contributed by atoms with van der Waals surface area (Å²) in [5.74, 6) is 1.59. The van der Waals surface area contributed by atoms with Crippen LogP contribution in [0.15, 0.2) is 24.3 Å². The quantitative estimate of drug-likeness (QED) is 0.596. The number of esters is 1. The maximum Gasteiger partial charge on any atom is 0.320 e. The molecular weight excluding hydrogens is 330 g/mol. The van der Waals surface area contributed by atoms with Crippen molar-refractivity contribution < 1.29 is 23.8 Å². The fourth-order valence-electron chi connectivity index (χ4n) is 2.35. The van der Waals surface area contributed by atoms with E-state index in [4.69, 9.17) is 14.2 Å². The summed E-state index contributed by atoms with van der Waals surface area (Å²) < 4.78 is 15.2. The summed E-state index contributed by atoms with van der Waals surface area (Å²) in [5, 5.41) is -0.323. The Morgan fingerprint density at radius 3 is 2.71 bits per heavy atom. The highest BCUT2D eigenvalue weighted by molar-refractivity contribution is 8.00. The SMILES string of the molecule is COC(=O)[C@H]1CN(C(=O)/C=C/c2ccc(OC)cc2OC)CCS1. The molecule has 0 aliphatic carbocycles. The molecule has 0 bridgehead atoms. The van der Waals surface area contributed by atoms with E-state index in [0.29, 0.717) is 30.3 Å². The summed E-state index contributed by atoms with van der Waals surface area (Å²) >= 11 is 1.52. The monoisotopic (exact) mass is 351 g/mol. The van der Waals surface area contributed by atoms with Crippen LogP contribution in [0.1, 0.15) is 5.56 Å². The zero-order valence-electron chi connectivity index (χ0n) is 14.0. The van der Waals surface area contributed by atoms with Gasteiger partial charge in [-0.3, -0.25) is 9.59 Å². The summed E-state index contributed by atoms with van der Waals surface area (Å²) in [4.78, 5) is 25.7. The number of hydrogen-bond donors (Lipinski definition) is 0. The van der Waals surface area contributed by atoms with Crippen LogP contribution in [0, 0.1) is 0 Å². The maximum absolute atomic E-state index is 12.4. The Labute approximate surface area is 145 Å². The Morgan fingerprint density at radius 2 is 2.04 bits per heavy atom. The van der Waals surface area contributed by atoms with Crippen molar-refractivity contribution in [2.24, 2.45) is 0 Å². The number of benzene rings is 1. The molecule has 1 aliphatic rings. The molecular formula is C17H21NO5S. The van der Waals surface area contributed by atoms with Gasteiger partial charge in [-0.2, -0.15) is 0 Å². The molecule has 1 amide bonds. The van der Waals surface area contributed by atoms with Gasteiger partial charge in [-0.1, -0.05) is 0 Å². The van der Waals surface area contributed by atoms with E-state index in [1.807, 2.05) is 6.07 Å². The Balaban J connectivity index is 2.06. The topological polar surface area (TPSA) is 65.1 Å². The molecule has 1 heterocycles. The molecule has 1 atom stereocenters. The van der Waals surface area contributed by atoms with Gasteiger partial charge in [0.25, 0.3) is 0 Å². The van der Waals surface area contributed by atoms with Crippen LogP contribution in [0.5, 0.6) is 11.5 Å². The summed E-state index contributed by atoms with van der Waals surface area (Å²) in [6, 6.07) is 5.39. The molecule has 1 aromatic rings. The van der Waals surface area contributed by atoms with Gasteiger partial charge < -0.3 is 19.1 Å². The summed E-state index contributed by atoms with van der Waals surface area (Å²) in [6.45, 7) is 0.974. The minimum Gasteiger partial charge on any atom is -0.497 e. The van der Waals surface area contributed by atoms with E-state index < -0.39 is 0 Å². The number of nitrogens with zero attached hydrogens (tertiary/aromatic N) is 1. The Morgan fingerprint density at radius 1 is 1.25 bits per heavy atom. The van der Waals surface area contributed by atoms with Crippen LogP contribution in [-0.4, -0.2) is 62.2 Å². The Kier molecular flexibility index (Phi) is 6.54. The number of methoxy groups -OCH3 is 3. The molecule has 7 heteroatoms. The standard InChI is InChI=1S/C17H21NO5S/c1-21-13-6-4-12(14(10-13)22-2)5-7-16(19)18-8-9-24-15(11-18)17(20)23-3/h4-7,10,15H,8-9,11H2,1-3H3/b7-5+/t15-/m1/s1. The van der Waals surface area contributed by atoms with Gasteiger partial charge >= 0.3 is 5.97 Å². The molecule has 130 valence electrons. The molecule has 1 aliphatic heterocycles. The first-order valence-corrected chi connectivity index (χ1v) is 8.52. The van der Waals surface area contributed by atoms with Gasteiger partial charge in [-0.05, 0) is 18.2 Å². The summed E-state index contributed by atoms with van der Waals surface area (Å²) in [5.41, 5.74) is 0.780. The van der Waals surface area contributed by atoms with E-state index in [-0.39, 0.29) is 17.1 Å². The molecule has 0 spiro atoms. The molecule has 2 rings (SSSR count). The van der Waals surface area contributed by atoms with E-state index >= 15 is 0 Å². The van der Waals surface area contributed by atoms with Crippen LogP contribution >= 0.6 is 11.8 Å². The van der Waals surface area contributed by atoms with E-state index in [1.165, 1.54) is 24.9 Å². The highest BCUT2D eigenvalue weighted by atomic mass is 32.2. The van der Waals surface area contributed by atoms with Gasteiger partial charge in [-0.25, -0.2) is 0 Å². The van der Waals surface area contributed by atoms with E-state index in [9.17, 15) is 9.59 Å². The second-order valence-electron chi connectivity index (χ2n) is 5.11. The van der Waals surface area contributed by atoms with Crippen molar-refractivity contribution in [1.82, 2.24) is 4.90 Å². The van der Waals surface area contributed by atoms with Crippen molar-refractivity contribution in [3.8, 4) is 11.5 Å². The second-order valence-corrected chi connectivity index (χ2v) is 6.42. The van der Waals surface area contributed by atoms with Crippen LogP contribution in [0.25, 0.3) is 6.08 Å². The minimum absolute atomic E-state index is 0.137.